The van der Waals surface area contributed by atoms with Gasteiger partial charge in [-0.05, 0) is 36.4 Å². The predicted octanol–water partition coefficient (Wildman–Crippen LogP) is 2.21. The number of Topliss-reactive ketones (excluding diaryl/α,β-unsaturated/α-hetero) is 2. The molecule has 2 rings (SSSR count). The van der Waals surface area contributed by atoms with Crippen LogP contribution in [0.5, 0.6) is 0 Å². The van der Waals surface area contributed by atoms with Crippen LogP contribution in [0.3, 0.4) is 0 Å². The molecule has 0 saturated heterocycles. The fourth-order valence-corrected chi connectivity index (χ4v) is 1.67. The van der Waals surface area contributed by atoms with Crippen LogP contribution in [0.4, 0.5) is 5.69 Å². The summed E-state index contributed by atoms with van der Waals surface area (Å²) in [5, 5.41) is 0. The maximum atomic E-state index is 12.0. The summed E-state index contributed by atoms with van der Waals surface area (Å²) < 4.78 is 0. The van der Waals surface area contributed by atoms with Crippen molar-refractivity contribution in [3.63, 3.8) is 0 Å². The third-order valence-corrected chi connectivity index (χ3v) is 2.78. The molecule has 0 radical (unpaired) electrons. The molecule has 0 amide bonds. The number of carbonyl (C=O) groups is 2. The first-order valence-electron chi connectivity index (χ1n) is 5.86. The van der Waals surface area contributed by atoms with E-state index >= 15 is 0 Å². The number of hydrogen-bond donors (Lipinski definition) is 0. The Hall–Kier alpha value is -2.49. The minimum absolute atomic E-state index is 0.309. The summed E-state index contributed by atoms with van der Waals surface area (Å²) in [7, 11) is 3.83. The topological polar surface area (TPSA) is 50.3 Å². The molecule has 0 atom stereocenters. The zero-order chi connectivity index (χ0) is 13.8. The Morgan fingerprint density at radius 1 is 0.947 bits per heavy atom. The third kappa shape index (κ3) is 2.85. The lowest BCUT2D eigenvalue weighted by Crippen LogP contribution is -2.15. The average molecular weight is 254 g/mol. The largest absolute Gasteiger partial charge is 0.378 e. The maximum Gasteiger partial charge on any atom is 0.235 e. The molecule has 1 heterocycles. The van der Waals surface area contributed by atoms with Gasteiger partial charge in [-0.1, -0.05) is 0 Å². The monoisotopic (exact) mass is 254 g/mol. The van der Waals surface area contributed by atoms with E-state index in [2.05, 4.69) is 4.98 Å². The summed E-state index contributed by atoms with van der Waals surface area (Å²) in [4.78, 5) is 29.8. The van der Waals surface area contributed by atoms with Gasteiger partial charge in [0.15, 0.2) is 0 Å². The molecule has 0 aliphatic carbocycles. The van der Waals surface area contributed by atoms with Gasteiger partial charge in [0, 0.05) is 43.3 Å². The van der Waals surface area contributed by atoms with Gasteiger partial charge in [0.25, 0.3) is 0 Å². The van der Waals surface area contributed by atoms with Gasteiger partial charge in [0.05, 0.1) is 0 Å². The van der Waals surface area contributed by atoms with Gasteiger partial charge >= 0.3 is 0 Å². The summed E-state index contributed by atoms with van der Waals surface area (Å²) in [5.74, 6) is -1.05. The number of nitrogens with zero attached hydrogens (tertiary/aromatic N) is 2. The van der Waals surface area contributed by atoms with Crippen LogP contribution < -0.4 is 4.90 Å². The molecule has 1 aromatic carbocycles. The summed E-state index contributed by atoms with van der Waals surface area (Å²) in [6.07, 6.45) is 2.96. The lowest BCUT2D eigenvalue weighted by molar-refractivity contribution is 0.0816. The van der Waals surface area contributed by atoms with Crippen molar-refractivity contribution in [2.45, 2.75) is 0 Å². The van der Waals surface area contributed by atoms with Gasteiger partial charge in [-0.2, -0.15) is 0 Å². The zero-order valence-electron chi connectivity index (χ0n) is 10.8. The molecule has 2 aromatic rings. The second-order valence-electron chi connectivity index (χ2n) is 4.34. The number of hydrogen-bond acceptors (Lipinski definition) is 4. The molecule has 0 saturated carbocycles. The minimum atomic E-state index is -0.536. The van der Waals surface area contributed by atoms with Crippen LogP contribution in [0.2, 0.25) is 0 Å². The van der Waals surface area contributed by atoms with Crippen molar-refractivity contribution in [3.8, 4) is 0 Å². The van der Waals surface area contributed by atoms with Crippen LogP contribution in [-0.2, 0) is 0 Å². The maximum absolute atomic E-state index is 12.0. The number of aromatic nitrogens is 1. The van der Waals surface area contributed by atoms with E-state index in [0.29, 0.717) is 11.1 Å². The van der Waals surface area contributed by atoms with Gasteiger partial charge in [0.2, 0.25) is 11.6 Å². The van der Waals surface area contributed by atoms with E-state index < -0.39 is 11.6 Å². The molecule has 0 spiro atoms. The molecule has 19 heavy (non-hydrogen) atoms. The van der Waals surface area contributed by atoms with Crippen LogP contribution >= 0.6 is 0 Å². The highest BCUT2D eigenvalue weighted by Crippen LogP contribution is 2.14. The van der Waals surface area contributed by atoms with E-state index in [1.54, 1.807) is 30.5 Å². The minimum Gasteiger partial charge on any atom is -0.378 e. The zero-order valence-corrected chi connectivity index (χ0v) is 10.8. The van der Waals surface area contributed by atoms with Crippen molar-refractivity contribution in [3.05, 3.63) is 59.9 Å². The Morgan fingerprint density at radius 3 is 2.11 bits per heavy atom. The number of ketones is 2. The van der Waals surface area contributed by atoms with E-state index in [0.717, 1.165) is 5.69 Å². The fourth-order valence-electron chi connectivity index (χ4n) is 1.67. The van der Waals surface area contributed by atoms with Crippen molar-refractivity contribution in [1.82, 2.24) is 4.98 Å². The molecule has 0 fully saturated rings. The summed E-state index contributed by atoms with van der Waals surface area (Å²) in [5.41, 5.74) is 1.68. The van der Waals surface area contributed by atoms with Crippen molar-refractivity contribution >= 4 is 17.3 Å². The molecule has 96 valence electrons. The quantitative estimate of drug-likeness (QED) is 0.620. The van der Waals surface area contributed by atoms with Gasteiger partial charge in [-0.3, -0.25) is 14.6 Å². The Kier molecular flexibility index (Phi) is 3.71. The molecule has 1 aromatic heterocycles. The van der Waals surface area contributed by atoms with E-state index in [4.69, 9.17) is 0 Å². The van der Waals surface area contributed by atoms with Crippen molar-refractivity contribution in [2.24, 2.45) is 0 Å². The van der Waals surface area contributed by atoms with Crippen molar-refractivity contribution in [2.75, 3.05) is 19.0 Å². The number of benzene rings is 1. The standard InChI is InChI=1S/C15H14N2O2/c1-17(2)13-7-5-11(6-8-13)14(18)15(19)12-4-3-9-16-10-12/h3-10H,1-2H3. The number of pyridine rings is 1. The first-order valence-corrected chi connectivity index (χ1v) is 5.86. The van der Waals surface area contributed by atoms with Gasteiger partial charge < -0.3 is 4.90 Å². The SMILES string of the molecule is CN(C)c1ccc(C(=O)C(=O)c2cccnc2)cc1. The second-order valence-corrected chi connectivity index (χ2v) is 4.34. The van der Waals surface area contributed by atoms with Crippen LogP contribution in [0, 0.1) is 0 Å². The number of carbonyl (C=O) groups excluding carboxylic acids is 2. The molecule has 0 N–H and O–H groups in total. The van der Waals surface area contributed by atoms with E-state index in [9.17, 15) is 9.59 Å². The van der Waals surface area contributed by atoms with E-state index in [-0.39, 0.29) is 0 Å². The molecular weight excluding hydrogens is 240 g/mol. The summed E-state index contributed by atoms with van der Waals surface area (Å²) in [6.45, 7) is 0. The van der Waals surface area contributed by atoms with Gasteiger partial charge in [-0.15, -0.1) is 0 Å². The Balaban J connectivity index is 2.22. The number of rotatable bonds is 4. The third-order valence-electron chi connectivity index (χ3n) is 2.78. The van der Waals surface area contributed by atoms with E-state index in [1.165, 1.54) is 6.20 Å². The molecule has 0 bridgehead atoms. The summed E-state index contributed by atoms with van der Waals surface area (Å²) >= 11 is 0. The normalized spacial score (nSPS) is 10.0. The molecule has 0 aliphatic heterocycles. The Bertz CT molecular complexity index is 589. The van der Waals surface area contributed by atoms with Crippen LogP contribution in [0.15, 0.2) is 48.8 Å². The smallest absolute Gasteiger partial charge is 0.235 e. The lowest BCUT2D eigenvalue weighted by atomic mass is 10.0. The molecular formula is C15H14N2O2. The Morgan fingerprint density at radius 2 is 1.58 bits per heavy atom. The average Bonchev–Trinajstić information content (AvgIpc) is 2.46. The number of anilines is 1. The first kappa shape index (κ1) is 13.0. The fraction of sp³-hybridized carbons (Fsp3) is 0.133. The summed E-state index contributed by atoms with van der Waals surface area (Å²) in [6, 6.07) is 10.2. The highest BCUT2D eigenvalue weighted by molar-refractivity contribution is 6.49. The predicted molar refractivity (Wildman–Crippen MR) is 73.7 cm³/mol. The highest BCUT2D eigenvalue weighted by atomic mass is 16.2. The lowest BCUT2D eigenvalue weighted by Gasteiger charge is -2.12. The van der Waals surface area contributed by atoms with Crippen molar-refractivity contribution in [1.29, 1.82) is 0 Å². The Labute approximate surface area is 111 Å². The first-order chi connectivity index (χ1) is 9.09. The van der Waals surface area contributed by atoms with Crippen LogP contribution in [-0.4, -0.2) is 30.6 Å². The van der Waals surface area contributed by atoms with Gasteiger partial charge in [0.1, 0.15) is 0 Å². The van der Waals surface area contributed by atoms with Crippen LogP contribution in [0.25, 0.3) is 0 Å². The van der Waals surface area contributed by atoms with Crippen LogP contribution in [0.1, 0.15) is 20.7 Å². The molecule has 0 aliphatic rings. The molecule has 0 unspecified atom stereocenters. The second kappa shape index (κ2) is 5.44. The molecule has 4 nitrogen and oxygen atoms in total. The van der Waals surface area contributed by atoms with Gasteiger partial charge in [-0.25, -0.2) is 0 Å². The molecule has 4 heteroatoms. The van der Waals surface area contributed by atoms with Crippen molar-refractivity contribution < 1.29 is 9.59 Å². The highest BCUT2D eigenvalue weighted by Gasteiger charge is 2.18. The van der Waals surface area contributed by atoms with E-state index in [1.807, 2.05) is 31.1 Å².